The van der Waals surface area contributed by atoms with Crippen molar-refractivity contribution in [3.05, 3.63) is 71.0 Å². The van der Waals surface area contributed by atoms with E-state index in [2.05, 4.69) is 20.7 Å². The maximum Gasteiger partial charge on any atom is 0.352 e. The molecule has 0 aliphatic carbocycles. The summed E-state index contributed by atoms with van der Waals surface area (Å²) in [6, 6.07) is 12.3. The Bertz CT molecular complexity index is 1330. The third kappa shape index (κ3) is 4.36. The highest BCUT2D eigenvalue weighted by molar-refractivity contribution is 5.92. The molecular formula is C21H19FN6O4. The second-order valence-electron chi connectivity index (χ2n) is 6.67. The zero-order chi connectivity index (χ0) is 22.7. The van der Waals surface area contributed by atoms with Crippen LogP contribution in [0.2, 0.25) is 0 Å². The number of aromatic nitrogens is 4. The summed E-state index contributed by atoms with van der Waals surface area (Å²) >= 11 is 0. The molecule has 11 heteroatoms. The first-order valence-corrected chi connectivity index (χ1v) is 9.47. The molecule has 0 spiro atoms. The summed E-state index contributed by atoms with van der Waals surface area (Å²) in [5.41, 5.74) is 0.537. The lowest BCUT2D eigenvalue weighted by Gasteiger charge is -2.11. The van der Waals surface area contributed by atoms with E-state index in [9.17, 15) is 14.0 Å². The second kappa shape index (κ2) is 8.76. The minimum Gasteiger partial charge on any atom is -0.497 e. The molecule has 2 aromatic carbocycles. The zero-order valence-corrected chi connectivity index (χ0v) is 17.2. The van der Waals surface area contributed by atoms with Gasteiger partial charge in [0.2, 0.25) is 5.91 Å². The molecule has 164 valence electrons. The van der Waals surface area contributed by atoms with Gasteiger partial charge in [0.25, 0.3) is 5.78 Å². The van der Waals surface area contributed by atoms with Crippen LogP contribution in [0, 0.1) is 5.82 Å². The Hall–Kier alpha value is -4.41. The van der Waals surface area contributed by atoms with Crippen LogP contribution in [-0.4, -0.2) is 39.3 Å². The summed E-state index contributed by atoms with van der Waals surface area (Å²) in [6.07, 6.45) is 1.49. The standard InChI is InChI=1S/C21H19FN6O4/c1-31-15-7-8-16(17(11-15)32-2)24-19(29)12-28-21(30)27-10-9-18(25-20(27)26-28)23-14-5-3-13(22)4-6-14/h3-11H,12H2,1-2H3,(H,24,29)(H,23,25,26). The van der Waals surface area contributed by atoms with E-state index in [1.807, 2.05) is 0 Å². The van der Waals surface area contributed by atoms with Crippen LogP contribution in [0.4, 0.5) is 21.6 Å². The summed E-state index contributed by atoms with van der Waals surface area (Å²) in [5, 5.41) is 9.82. The first kappa shape index (κ1) is 20.8. The molecule has 1 amide bonds. The highest BCUT2D eigenvalue weighted by Crippen LogP contribution is 2.28. The second-order valence-corrected chi connectivity index (χ2v) is 6.67. The third-order valence-electron chi connectivity index (χ3n) is 4.55. The molecule has 2 heterocycles. The monoisotopic (exact) mass is 438 g/mol. The van der Waals surface area contributed by atoms with Gasteiger partial charge in [-0.3, -0.25) is 4.79 Å². The normalized spacial score (nSPS) is 10.7. The molecule has 2 aromatic heterocycles. The summed E-state index contributed by atoms with van der Waals surface area (Å²) < 4.78 is 25.7. The molecule has 4 aromatic rings. The van der Waals surface area contributed by atoms with Crippen molar-refractivity contribution in [1.82, 2.24) is 19.2 Å². The van der Waals surface area contributed by atoms with Gasteiger partial charge >= 0.3 is 5.69 Å². The van der Waals surface area contributed by atoms with Crippen LogP contribution in [0.3, 0.4) is 0 Å². The van der Waals surface area contributed by atoms with Crippen LogP contribution in [0.1, 0.15) is 0 Å². The molecular weight excluding hydrogens is 419 g/mol. The lowest BCUT2D eigenvalue weighted by atomic mass is 10.2. The molecule has 0 atom stereocenters. The van der Waals surface area contributed by atoms with Gasteiger partial charge < -0.3 is 20.1 Å². The summed E-state index contributed by atoms with van der Waals surface area (Å²) in [6.45, 7) is -0.321. The zero-order valence-electron chi connectivity index (χ0n) is 17.2. The van der Waals surface area contributed by atoms with Crippen LogP contribution < -0.4 is 25.8 Å². The van der Waals surface area contributed by atoms with Crippen molar-refractivity contribution in [1.29, 1.82) is 0 Å². The predicted octanol–water partition coefficient (Wildman–Crippen LogP) is 2.43. The van der Waals surface area contributed by atoms with E-state index < -0.39 is 11.6 Å². The number of methoxy groups -OCH3 is 2. The van der Waals surface area contributed by atoms with Crippen molar-refractivity contribution in [3.8, 4) is 11.5 Å². The predicted molar refractivity (Wildman–Crippen MR) is 115 cm³/mol. The molecule has 0 aliphatic rings. The van der Waals surface area contributed by atoms with Gasteiger partial charge in [0.15, 0.2) is 0 Å². The number of hydrogen-bond acceptors (Lipinski definition) is 7. The van der Waals surface area contributed by atoms with Gasteiger partial charge in [0.1, 0.15) is 29.7 Å². The smallest absolute Gasteiger partial charge is 0.352 e. The van der Waals surface area contributed by atoms with Crippen LogP contribution in [0.5, 0.6) is 11.5 Å². The number of anilines is 3. The van der Waals surface area contributed by atoms with Crippen molar-refractivity contribution < 1.29 is 18.7 Å². The van der Waals surface area contributed by atoms with Gasteiger partial charge in [-0.25, -0.2) is 18.3 Å². The van der Waals surface area contributed by atoms with E-state index >= 15 is 0 Å². The van der Waals surface area contributed by atoms with Crippen molar-refractivity contribution in [2.75, 3.05) is 24.9 Å². The third-order valence-corrected chi connectivity index (χ3v) is 4.55. The SMILES string of the molecule is COc1ccc(NC(=O)Cn2nc3nc(Nc4ccc(F)cc4)ccn3c2=O)c(OC)c1. The van der Waals surface area contributed by atoms with Crippen LogP contribution >= 0.6 is 0 Å². The first-order chi connectivity index (χ1) is 15.5. The Morgan fingerprint density at radius 2 is 1.88 bits per heavy atom. The fraction of sp³-hybridized carbons (Fsp3) is 0.143. The van der Waals surface area contributed by atoms with Crippen LogP contribution in [0.25, 0.3) is 5.78 Å². The molecule has 4 rings (SSSR count). The number of fused-ring (bicyclic) bond motifs is 1. The number of nitrogens with zero attached hydrogens (tertiary/aromatic N) is 4. The quantitative estimate of drug-likeness (QED) is 0.456. The number of nitrogens with one attached hydrogen (secondary N) is 2. The van der Waals surface area contributed by atoms with Crippen molar-refractivity contribution >= 4 is 28.9 Å². The van der Waals surface area contributed by atoms with Crippen molar-refractivity contribution in [2.24, 2.45) is 0 Å². The fourth-order valence-corrected chi connectivity index (χ4v) is 2.99. The highest BCUT2D eigenvalue weighted by Gasteiger charge is 2.14. The Morgan fingerprint density at radius 1 is 1.09 bits per heavy atom. The molecule has 0 bridgehead atoms. The molecule has 0 radical (unpaired) electrons. The molecule has 32 heavy (non-hydrogen) atoms. The van der Waals surface area contributed by atoms with Gasteiger partial charge in [-0.1, -0.05) is 0 Å². The lowest BCUT2D eigenvalue weighted by molar-refractivity contribution is -0.117. The van der Waals surface area contributed by atoms with E-state index in [-0.39, 0.29) is 18.1 Å². The van der Waals surface area contributed by atoms with Crippen molar-refractivity contribution in [2.45, 2.75) is 6.54 Å². The highest BCUT2D eigenvalue weighted by atomic mass is 19.1. The number of benzene rings is 2. The van der Waals surface area contributed by atoms with Gasteiger partial charge in [-0.2, -0.15) is 4.98 Å². The molecule has 0 fully saturated rings. The first-order valence-electron chi connectivity index (χ1n) is 9.47. The Morgan fingerprint density at radius 3 is 2.59 bits per heavy atom. The number of ether oxygens (including phenoxy) is 2. The van der Waals surface area contributed by atoms with Gasteiger partial charge in [-0.15, -0.1) is 5.10 Å². The Balaban J connectivity index is 1.52. The number of halogens is 1. The summed E-state index contributed by atoms with van der Waals surface area (Å²) in [4.78, 5) is 29.3. The molecule has 10 nitrogen and oxygen atoms in total. The number of carbonyl (C=O) groups excluding carboxylic acids is 1. The molecule has 0 saturated heterocycles. The van der Waals surface area contributed by atoms with Gasteiger partial charge in [0, 0.05) is 18.0 Å². The Labute approximate surface area is 181 Å². The van der Waals surface area contributed by atoms with E-state index in [4.69, 9.17) is 9.47 Å². The summed E-state index contributed by atoms with van der Waals surface area (Å²) in [5.74, 6) is 0.690. The fourth-order valence-electron chi connectivity index (χ4n) is 2.99. The summed E-state index contributed by atoms with van der Waals surface area (Å²) in [7, 11) is 3.00. The maximum absolute atomic E-state index is 13.1. The minimum atomic E-state index is -0.516. The van der Waals surface area contributed by atoms with E-state index in [1.54, 1.807) is 36.4 Å². The molecule has 0 unspecified atom stereocenters. The van der Waals surface area contributed by atoms with E-state index in [0.29, 0.717) is 28.7 Å². The number of hydrogen-bond donors (Lipinski definition) is 2. The van der Waals surface area contributed by atoms with E-state index in [1.165, 1.54) is 36.9 Å². The van der Waals surface area contributed by atoms with Crippen molar-refractivity contribution in [3.63, 3.8) is 0 Å². The van der Waals surface area contributed by atoms with E-state index in [0.717, 1.165) is 4.68 Å². The average molecular weight is 438 g/mol. The number of amides is 1. The molecule has 0 aliphatic heterocycles. The topological polar surface area (TPSA) is 112 Å². The maximum atomic E-state index is 13.1. The Kier molecular flexibility index (Phi) is 5.71. The largest absolute Gasteiger partial charge is 0.497 e. The average Bonchev–Trinajstić information content (AvgIpc) is 3.10. The van der Waals surface area contributed by atoms with Gasteiger partial charge in [-0.05, 0) is 42.5 Å². The minimum absolute atomic E-state index is 0.108. The van der Waals surface area contributed by atoms with Crippen LogP contribution in [-0.2, 0) is 11.3 Å². The number of rotatable bonds is 7. The number of carbonyl (C=O) groups is 1. The molecule has 0 saturated carbocycles. The molecule has 2 N–H and O–H groups in total. The van der Waals surface area contributed by atoms with Gasteiger partial charge in [0.05, 0.1) is 19.9 Å². The van der Waals surface area contributed by atoms with Crippen LogP contribution in [0.15, 0.2) is 59.5 Å². The lowest BCUT2D eigenvalue weighted by Crippen LogP contribution is -2.28.